The number of nitrogens with zero attached hydrogens (tertiary/aromatic N) is 2. The van der Waals surface area contributed by atoms with Crippen molar-refractivity contribution in [3.63, 3.8) is 0 Å². The van der Waals surface area contributed by atoms with E-state index in [4.69, 9.17) is 11.6 Å². The number of halogens is 1. The molecule has 2 amide bonds. The zero-order valence-electron chi connectivity index (χ0n) is 9.70. The van der Waals surface area contributed by atoms with Crippen LogP contribution in [0.5, 0.6) is 0 Å². The molecule has 2 rings (SSSR count). The molecule has 1 heterocycles. The van der Waals surface area contributed by atoms with Crippen LogP contribution < -0.4 is 10.6 Å². The highest BCUT2D eigenvalue weighted by atomic mass is 35.5. The summed E-state index contributed by atoms with van der Waals surface area (Å²) in [6, 6.07) is 5.00. The van der Waals surface area contributed by atoms with E-state index in [1.54, 1.807) is 12.1 Å². The van der Waals surface area contributed by atoms with Gasteiger partial charge in [0.1, 0.15) is 12.2 Å². The lowest BCUT2D eigenvalue weighted by Crippen LogP contribution is -2.28. The molecule has 0 aliphatic carbocycles. The summed E-state index contributed by atoms with van der Waals surface area (Å²) in [4.78, 5) is 15.5. The molecule has 0 unspecified atom stereocenters. The van der Waals surface area contributed by atoms with Crippen LogP contribution in [0.2, 0.25) is 5.02 Å². The predicted molar refractivity (Wildman–Crippen MR) is 68.4 cm³/mol. The Balaban J connectivity index is 1.88. The standard InChI is InChI=1S/C11H12ClN5O/c1-7-2-3-8(4-9(7)12)16-11(18)13-5-10-14-6-15-17-10/h2-4,6H,5H2,1H3,(H2,13,16,18)(H,14,15,17). The Morgan fingerprint density at radius 2 is 2.33 bits per heavy atom. The number of aromatic amines is 1. The van der Waals surface area contributed by atoms with Crippen molar-refractivity contribution in [1.82, 2.24) is 20.5 Å². The van der Waals surface area contributed by atoms with Crippen molar-refractivity contribution in [3.05, 3.63) is 40.9 Å². The molecular weight excluding hydrogens is 254 g/mol. The van der Waals surface area contributed by atoms with Crippen LogP contribution in [0.25, 0.3) is 0 Å². The van der Waals surface area contributed by atoms with E-state index >= 15 is 0 Å². The first-order chi connectivity index (χ1) is 8.65. The normalized spacial score (nSPS) is 10.1. The number of hydrogen-bond donors (Lipinski definition) is 3. The van der Waals surface area contributed by atoms with Crippen LogP contribution in [-0.4, -0.2) is 21.2 Å². The van der Waals surface area contributed by atoms with Crippen LogP contribution in [0.15, 0.2) is 24.5 Å². The average Bonchev–Trinajstić information content (AvgIpc) is 2.84. The molecule has 0 saturated heterocycles. The highest BCUT2D eigenvalue weighted by molar-refractivity contribution is 6.31. The first-order valence-corrected chi connectivity index (χ1v) is 5.68. The topological polar surface area (TPSA) is 82.7 Å². The summed E-state index contributed by atoms with van der Waals surface area (Å²) in [6.07, 6.45) is 1.38. The van der Waals surface area contributed by atoms with Gasteiger partial charge in [-0.25, -0.2) is 9.78 Å². The molecule has 0 spiro atoms. The molecule has 6 nitrogen and oxygen atoms in total. The zero-order chi connectivity index (χ0) is 13.0. The SMILES string of the molecule is Cc1ccc(NC(=O)NCc2ncn[nH]2)cc1Cl. The number of aromatic nitrogens is 3. The highest BCUT2D eigenvalue weighted by Gasteiger charge is 2.04. The van der Waals surface area contributed by atoms with Gasteiger partial charge in [-0.15, -0.1) is 0 Å². The van der Waals surface area contributed by atoms with Crippen LogP contribution in [0, 0.1) is 6.92 Å². The zero-order valence-corrected chi connectivity index (χ0v) is 10.5. The van der Waals surface area contributed by atoms with E-state index in [1.807, 2.05) is 13.0 Å². The predicted octanol–water partition coefficient (Wildman–Crippen LogP) is 2.09. The molecule has 1 aromatic heterocycles. The molecule has 0 aliphatic rings. The summed E-state index contributed by atoms with van der Waals surface area (Å²) in [5.41, 5.74) is 1.60. The summed E-state index contributed by atoms with van der Waals surface area (Å²) < 4.78 is 0. The molecule has 0 atom stereocenters. The summed E-state index contributed by atoms with van der Waals surface area (Å²) in [5, 5.41) is 12.3. The number of rotatable bonds is 3. The summed E-state index contributed by atoms with van der Waals surface area (Å²) in [7, 11) is 0. The van der Waals surface area contributed by atoms with Gasteiger partial charge in [-0.3, -0.25) is 5.10 Å². The van der Waals surface area contributed by atoms with Crippen molar-refractivity contribution in [2.24, 2.45) is 0 Å². The largest absolute Gasteiger partial charge is 0.331 e. The monoisotopic (exact) mass is 265 g/mol. The number of aryl methyl sites for hydroxylation is 1. The van der Waals surface area contributed by atoms with Gasteiger partial charge in [-0.2, -0.15) is 5.10 Å². The van der Waals surface area contributed by atoms with Gasteiger partial charge in [0.25, 0.3) is 0 Å². The van der Waals surface area contributed by atoms with Crippen LogP contribution in [0.3, 0.4) is 0 Å². The van der Waals surface area contributed by atoms with E-state index in [9.17, 15) is 4.79 Å². The molecule has 0 saturated carbocycles. The molecule has 7 heteroatoms. The Bertz CT molecular complexity index is 540. The number of nitrogens with one attached hydrogen (secondary N) is 3. The van der Waals surface area contributed by atoms with Gasteiger partial charge in [-0.05, 0) is 24.6 Å². The summed E-state index contributed by atoms with van der Waals surface area (Å²) in [5.74, 6) is 0.590. The second-order valence-electron chi connectivity index (χ2n) is 3.70. The van der Waals surface area contributed by atoms with Crippen molar-refractivity contribution >= 4 is 23.3 Å². The maximum absolute atomic E-state index is 11.6. The fourth-order valence-electron chi connectivity index (χ4n) is 1.33. The Morgan fingerprint density at radius 1 is 1.50 bits per heavy atom. The van der Waals surface area contributed by atoms with Gasteiger partial charge in [0.15, 0.2) is 0 Å². The Morgan fingerprint density at radius 3 is 3.00 bits per heavy atom. The number of amides is 2. The Labute approximate surface area is 109 Å². The number of hydrogen-bond acceptors (Lipinski definition) is 3. The third-order valence-corrected chi connectivity index (χ3v) is 2.72. The number of benzene rings is 1. The van der Waals surface area contributed by atoms with Gasteiger partial charge in [0, 0.05) is 10.7 Å². The van der Waals surface area contributed by atoms with Gasteiger partial charge in [-0.1, -0.05) is 17.7 Å². The Kier molecular flexibility index (Phi) is 3.78. The van der Waals surface area contributed by atoms with Crippen LogP contribution in [0.4, 0.5) is 10.5 Å². The molecule has 94 valence electrons. The van der Waals surface area contributed by atoms with Crippen molar-refractivity contribution < 1.29 is 4.79 Å². The number of anilines is 1. The molecule has 18 heavy (non-hydrogen) atoms. The van der Waals surface area contributed by atoms with E-state index in [2.05, 4.69) is 25.8 Å². The van der Waals surface area contributed by atoms with E-state index in [1.165, 1.54) is 6.33 Å². The molecular formula is C11H12ClN5O. The van der Waals surface area contributed by atoms with Crippen molar-refractivity contribution in [2.45, 2.75) is 13.5 Å². The fraction of sp³-hybridized carbons (Fsp3) is 0.182. The van der Waals surface area contributed by atoms with Gasteiger partial charge < -0.3 is 10.6 Å². The molecule has 3 N–H and O–H groups in total. The minimum absolute atomic E-state index is 0.283. The maximum atomic E-state index is 11.6. The van der Waals surface area contributed by atoms with Crippen molar-refractivity contribution in [1.29, 1.82) is 0 Å². The minimum Gasteiger partial charge on any atom is -0.331 e. The second kappa shape index (κ2) is 5.50. The highest BCUT2D eigenvalue weighted by Crippen LogP contribution is 2.19. The summed E-state index contributed by atoms with van der Waals surface area (Å²) >= 11 is 5.96. The van der Waals surface area contributed by atoms with Crippen LogP contribution in [0.1, 0.15) is 11.4 Å². The number of H-pyrrole nitrogens is 1. The first kappa shape index (κ1) is 12.4. The lowest BCUT2D eigenvalue weighted by atomic mass is 10.2. The van der Waals surface area contributed by atoms with Crippen molar-refractivity contribution in [2.75, 3.05) is 5.32 Å². The fourth-order valence-corrected chi connectivity index (χ4v) is 1.51. The van der Waals surface area contributed by atoms with Crippen LogP contribution in [-0.2, 0) is 6.54 Å². The molecule has 1 aromatic carbocycles. The molecule has 0 aliphatic heterocycles. The quantitative estimate of drug-likeness (QED) is 0.795. The number of urea groups is 1. The smallest absolute Gasteiger partial charge is 0.319 e. The van der Waals surface area contributed by atoms with Gasteiger partial charge in [0.2, 0.25) is 0 Å². The van der Waals surface area contributed by atoms with E-state index < -0.39 is 0 Å². The van der Waals surface area contributed by atoms with E-state index in [0.29, 0.717) is 16.5 Å². The van der Waals surface area contributed by atoms with Crippen molar-refractivity contribution in [3.8, 4) is 0 Å². The van der Waals surface area contributed by atoms with Gasteiger partial charge in [0.05, 0.1) is 6.54 Å². The minimum atomic E-state index is -0.327. The van der Waals surface area contributed by atoms with E-state index in [-0.39, 0.29) is 12.6 Å². The van der Waals surface area contributed by atoms with E-state index in [0.717, 1.165) is 5.56 Å². The molecule has 2 aromatic rings. The molecule has 0 fully saturated rings. The average molecular weight is 266 g/mol. The van der Waals surface area contributed by atoms with Crippen LogP contribution >= 0.6 is 11.6 Å². The Hall–Kier alpha value is -2.08. The number of carbonyl (C=O) groups excluding carboxylic acids is 1. The van der Waals surface area contributed by atoms with Gasteiger partial charge >= 0.3 is 6.03 Å². The summed E-state index contributed by atoms with van der Waals surface area (Å²) in [6.45, 7) is 2.18. The second-order valence-corrected chi connectivity index (χ2v) is 4.11. The lowest BCUT2D eigenvalue weighted by molar-refractivity contribution is 0.251. The number of carbonyl (C=O) groups is 1. The molecule has 0 radical (unpaired) electrons. The third-order valence-electron chi connectivity index (χ3n) is 2.31. The molecule has 0 bridgehead atoms. The first-order valence-electron chi connectivity index (χ1n) is 5.30. The third kappa shape index (κ3) is 3.21. The lowest BCUT2D eigenvalue weighted by Gasteiger charge is -2.07. The maximum Gasteiger partial charge on any atom is 0.319 e.